The van der Waals surface area contributed by atoms with Gasteiger partial charge in [-0.1, -0.05) is 45.5 Å². The quantitative estimate of drug-likeness (QED) is 0.445. The van der Waals surface area contributed by atoms with Gasteiger partial charge in [-0.15, -0.1) is 0 Å². The first-order valence-electron chi connectivity index (χ1n) is 10.5. The van der Waals surface area contributed by atoms with Gasteiger partial charge in [-0.3, -0.25) is 9.36 Å². The van der Waals surface area contributed by atoms with E-state index in [0.29, 0.717) is 32.1 Å². The zero-order valence-corrected chi connectivity index (χ0v) is 21.5. The van der Waals surface area contributed by atoms with E-state index in [2.05, 4.69) is 20.9 Å². The molecule has 0 unspecified atom stereocenters. The van der Waals surface area contributed by atoms with E-state index in [-0.39, 0.29) is 12.2 Å². The Labute approximate surface area is 208 Å². The third-order valence-corrected chi connectivity index (χ3v) is 6.92. The fourth-order valence-corrected chi connectivity index (χ4v) is 5.16. The highest BCUT2D eigenvalue weighted by Crippen LogP contribution is 2.31. The Morgan fingerprint density at radius 1 is 1.15 bits per heavy atom. The Morgan fingerprint density at radius 2 is 1.85 bits per heavy atom. The number of aromatic nitrogens is 1. The summed E-state index contributed by atoms with van der Waals surface area (Å²) < 4.78 is 19.0. The number of carbonyl (C=O) groups excluding carboxylic acids is 1. The number of nitrogens with zero attached hydrogens (tertiary/aromatic N) is 2. The molecule has 0 aliphatic carbocycles. The van der Waals surface area contributed by atoms with E-state index in [0.717, 1.165) is 15.6 Å². The number of hydrogen-bond donors (Lipinski definition) is 0. The molecule has 9 heteroatoms. The third-order valence-electron chi connectivity index (χ3n) is 5.41. The maximum absolute atomic E-state index is 13.6. The van der Waals surface area contributed by atoms with E-state index >= 15 is 0 Å². The number of esters is 1. The summed E-state index contributed by atoms with van der Waals surface area (Å²) in [6.45, 7) is 3.75. The first-order chi connectivity index (χ1) is 16.4. The van der Waals surface area contributed by atoms with E-state index < -0.39 is 12.0 Å². The molecule has 0 fully saturated rings. The van der Waals surface area contributed by atoms with Gasteiger partial charge in [-0.2, -0.15) is 0 Å². The topological polar surface area (TPSA) is 79.1 Å². The largest absolute Gasteiger partial charge is 0.493 e. The van der Waals surface area contributed by atoms with Crippen LogP contribution in [-0.2, 0) is 9.53 Å². The van der Waals surface area contributed by atoms with Crippen LogP contribution >= 0.6 is 27.3 Å². The van der Waals surface area contributed by atoms with Crippen molar-refractivity contribution in [2.45, 2.75) is 19.9 Å². The SMILES string of the molecule is CCOC(=O)C1=C(C)N=c2s/c(=C\c3ccc(OC)c(OC)c3)c(=O)n2[C@H]1c1ccc(Br)cc1. The molecule has 34 heavy (non-hydrogen) atoms. The second-order valence-corrected chi connectivity index (χ2v) is 9.39. The van der Waals surface area contributed by atoms with Crippen LogP contribution in [0.4, 0.5) is 0 Å². The van der Waals surface area contributed by atoms with Gasteiger partial charge in [0.25, 0.3) is 5.56 Å². The van der Waals surface area contributed by atoms with Crippen molar-refractivity contribution in [3.63, 3.8) is 0 Å². The summed E-state index contributed by atoms with van der Waals surface area (Å²) in [6.07, 6.45) is 1.79. The number of allylic oxidation sites excluding steroid dienone is 1. The van der Waals surface area contributed by atoms with Crippen molar-refractivity contribution < 1.29 is 19.0 Å². The highest BCUT2D eigenvalue weighted by atomic mass is 79.9. The van der Waals surface area contributed by atoms with Crippen LogP contribution in [0, 0.1) is 0 Å². The van der Waals surface area contributed by atoms with Crippen LogP contribution < -0.4 is 24.4 Å². The molecule has 0 N–H and O–H groups in total. The first kappa shape index (κ1) is 24.0. The number of ether oxygens (including phenoxy) is 3. The van der Waals surface area contributed by atoms with Gasteiger partial charge >= 0.3 is 5.97 Å². The molecule has 1 aliphatic heterocycles. The molecule has 0 spiro atoms. The molecule has 1 aromatic heterocycles. The average Bonchev–Trinajstić information content (AvgIpc) is 3.13. The van der Waals surface area contributed by atoms with E-state index in [4.69, 9.17) is 14.2 Å². The number of hydrogen-bond acceptors (Lipinski definition) is 7. The number of thiazole rings is 1. The molecule has 0 saturated heterocycles. The van der Waals surface area contributed by atoms with Gasteiger partial charge in [0.2, 0.25) is 0 Å². The molecule has 4 rings (SSSR count). The zero-order chi connectivity index (χ0) is 24.4. The summed E-state index contributed by atoms with van der Waals surface area (Å²) in [5, 5.41) is 0. The second kappa shape index (κ2) is 9.99. The summed E-state index contributed by atoms with van der Waals surface area (Å²) in [5.41, 5.74) is 2.23. The lowest BCUT2D eigenvalue weighted by Crippen LogP contribution is -2.39. The van der Waals surface area contributed by atoms with Crippen LogP contribution in [0.2, 0.25) is 0 Å². The highest BCUT2D eigenvalue weighted by molar-refractivity contribution is 9.10. The fraction of sp³-hybridized carbons (Fsp3) is 0.240. The summed E-state index contributed by atoms with van der Waals surface area (Å²) in [4.78, 5) is 31.7. The maximum Gasteiger partial charge on any atom is 0.338 e. The predicted octanol–water partition coefficient (Wildman–Crippen LogP) is 3.58. The number of methoxy groups -OCH3 is 2. The van der Waals surface area contributed by atoms with Gasteiger partial charge in [0.05, 0.1) is 42.7 Å². The molecule has 0 radical (unpaired) electrons. The molecule has 0 saturated carbocycles. The minimum absolute atomic E-state index is 0.229. The van der Waals surface area contributed by atoms with Crippen molar-refractivity contribution >= 4 is 39.3 Å². The molecule has 7 nitrogen and oxygen atoms in total. The number of rotatable bonds is 6. The maximum atomic E-state index is 13.6. The molecule has 1 aliphatic rings. The highest BCUT2D eigenvalue weighted by Gasteiger charge is 2.33. The van der Waals surface area contributed by atoms with E-state index in [1.165, 1.54) is 11.3 Å². The van der Waals surface area contributed by atoms with Gasteiger partial charge in [-0.25, -0.2) is 9.79 Å². The molecular formula is C25H23BrN2O5S. The Morgan fingerprint density at radius 3 is 2.50 bits per heavy atom. The van der Waals surface area contributed by atoms with Crippen molar-refractivity contribution in [2.75, 3.05) is 20.8 Å². The first-order valence-corrected chi connectivity index (χ1v) is 12.2. The molecule has 2 aromatic carbocycles. The Balaban J connectivity index is 1.92. The molecule has 2 heterocycles. The van der Waals surface area contributed by atoms with Gasteiger partial charge < -0.3 is 14.2 Å². The monoisotopic (exact) mass is 542 g/mol. The fourth-order valence-electron chi connectivity index (χ4n) is 3.85. The van der Waals surface area contributed by atoms with Gasteiger partial charge in [0.1, 0.15) is 0 Å². The van der Waals surface area contributed by atoms with Gasteiger partial charge in [-0.05, 0) is 55.3 Å². The second-order valence-electron chi connectivity index (χ2n) is 7.47. The van der Waals surface area contributed by atoms with E-state index in [9.17, 15) is 9.59 Å². The molecular weight excluding hydrogens is 520 g/mol. The Bertz CT molecular complexity index is 1450. The van der Waals surface area contributed by atoms with Crippen molar-refractivity contribution in [1.82, 2.24) is 4.57 Å². The summed E-state index contributed by atoms with van der Waals surface area (Å²) in [7, 11) is 3.13. The summed E-state index contributed by atoms with van der Waals surface area (Å²) in [5.74, 6) is 0.689. The Kier molecular flexibility index (Phi) is 7.04. The van der Waals surface area contributed by atoms with Crippen molar-refractivity contribution in [3.05, 3.63) is 89.0 Å². The predicted molar refractivity (Wildman–Crippen MR) is 134 cm³/mol. The van der Waals surface area contributed by atoms with Crippen molar-refractivity contribution in [1.29, 1.82) is 0 Å². The summed E-state index contributed by atoms with van der Waals surface area (Å²) >= 11 is 4.72. The van der Waals surface area contributed by atoms with Crippen molar-refractivity contribution in [3.8, 4) is 11.5 Å². The van der Waals surface area contributed by atoms with E-state index in [1.54, 1.807) is 50.8 Å². The average molecular weight is 543 g/mol. The minimum atomic E-state index is -0.643. The lowest BCUT2D eigenvalue weighted by molar-refractivity contribution is -0.139. The van der Waals surface area contributed by atoms with E-state index in [1.807, 2.05) is 30.3 Å². The number of fused-ring (bicyclic) bond motifs is 1. The molecule has 1 atom stereocenters. The number of halogens is 1. The molecule has 176 valence electrons. The number of benzene rings is 2. The molecule has 3 aromatic rings. The van der Waals surface area contributed by atoms with Crippen molar-refractivity contribution in [2.24, 2.45) is 4.99 Å². The van der Waals surface area contributed by atoms with Crippen LogP contribution in [0.5, 0.6) is 11.5 Å². The summed E-state index contributed by atoms with van der Waals surface area (Å²) in [6, 6.07) is 12.3. The molecule has 0 bridgehead atoms. The lowest BCUT2D eigenvalue weighted by atomic mass is 9.96. The van der Waals surface area contributed by atoms with Crippen LogP contribution in [0.25, 0.3) is 6.08 Å². The normalized spacial score (nSPS) is 15.6. The lowest BCUT2D eigenvalue weighted by Gasteiger charge is -2.24. The smallest absolute Gasteiger partial charge is 0.338 e. The van der Waals surface area contributed by atoms with Crippen LogP contribution in [0.3, 0.4) is 0 Å². The van der Waals surface area contributed by atoms with Gasteiger partial charge in [0, 0.05) is 4.47 Å². The third kappa shape index (κ3) is 4.45. The standard InChI is InChI=1S/C25H23BrN2O5S/c1-5-33-24(30)21-14(2)27-25-28(22(21)16-7-9-17(26)10-8-16)23(29)20(34-25)13-15-6-11-18(31-3)19(12-15)32-4/h6-13,22H,5H2,1-4H3/b20-13-/t22-/m0/s1. The van der Waals surface area contributed by atoms with Crippen LogP contribution in [0.15, 0.2) is 68.0 Å². The number of carbonyl (C=O) groups is 1. The van der Waals surface area contributed by atoms with Crippen LogP contribution in [0.1, 0.15) is 31.0 Å². The van der Waals surface area contributed by atoms with Crippen LogP contribution in [-0.4, -0.2) is 31.4 Å². The van der Waals surface area contributed by atoms with Gasteiger partial charge in [0.15, 0.2) is 16.3 Å². The molecule has 0 amide bonds. The minimum Gasteiger partial charge on any atom is -0.493 e. The zero-order valence-electron chi connectivity index (χ0n) is 19.1. The Hall–Kier alpha value is -3.17.